The lowest BCUT2D eigenvalue weighted by Crippen LogP contribution is -2.53. The highest BCUT2D eigenvalue weighted by atomic mass is 19.1. The van der Waals surface area contributed by atoms with Crippen LogP contribution < -0.4 is 5.32 Å². The van der Waals surface area contributed by atoms with E-state index in [-0.39, 0.29) is 11.7 Å². The van der Waals surface area contributed by atoms with Crippen LogP contribution in [0.4, 0.5) is 14.5 Å². The molecule has 0 spiro atoms. The number of piperazine rings is 1. The highest BCUT2D eigenvalue weighted by Gasteiger charge is 2.22. The quantitative estimate of drug-likeness (QED) is 0.447. The van der Waals surface area contributed by atoms with Crippen LogP contribution in [-0.2, 0) is 6.54 Å². The number of carbonyl (C=O) groups excluding carboxylic acids is 1. The fraction of sp³-hybridized carbons (Fsp3) is 0.259. The molecule has 5 nitrogen and oxygen atoms in total. The number of nitrogens with one attached hydrogen (secondary N) is 1. The minimum absolute atomic E-state index is 0.200. The van der Waals surface area contributed by atoms with Crippen molar-refractivity contribution in [2.75, 3.05) is 26.2 Å². The zero-order chi connectivity index (χ0) is 24.1. The number of hydrogen-bond donors (Lipinski definition) is 1. The summed E-state index contributed by atoms with van der Waals surface area (Å²) in [6, 6.07) is 18.2. The summed E-state index contributed by atoms with van der Waals surface area (Å²) in [6.45, 7) is 7.20. The van der Waals surface area contributed by atoms with Gasteiger partial charge in [-0.1, -0.05) is 24.3 Å². The first-order valence-electron chi connectivity index (χ1n) is 11.3. The molecule has 176 valence electrons. The Labute approximate surface area is 198 Å². The van der Waals surface area contributed by atoms with Gasteiger partial charge < -0.3 is 4.90 Å². The maximum atomic E-state index is 14.1. The van der Waals surface area contributed by atoms with Gasteiger partial charge in [-0.2, -0.15) is 0 Å². The van der Waals surface area contributed by atoms with Crippen molar-refractivity contribution in [2.24, 2.45) is 4.99 Å². The van der Waals surface area contributed by atoms with Crippen molar-refractivity contribution in [3.8, 4) is 0 Å². The van der Waals surface area contributed by atoms with Gasteiger partial charge in [0.2, 0.25) is 5.96 Å². The molecule has 0 aliphatic carbocycles. The summed E-state index contributed by atoms with van der Waals surface area (Å²) in [7, 11) is 0. The fourth-order valence-corrected chi connectivity index (χ4v) is 4.08. The van der Waals surface area contributed by atoms with Gasteiger partial charge in [-0.05, 0) is 67.4 Å². The van der Waals surface area contributed by atoms with Crippen LogP contribution in [0.2, 0.25) is 0 Å². The van der Waals surface area contributed by atoms with Gasteiger partial charge in [0.1, 0.15) is 11.6 Å². The van der Waals surface area contributed by atoms with Crippen molar-refractivity contribution in [3.63, 3.8) is 0 Å². The van der Waals surface area contributed by atoms with Gasteiger partial charge in [-0.3, -0.25) is 15.0 Å². The Kier molecular flexibility index (Phi) is 7.33. The van der Waals surface area contributed by atoms with Gasteiger partial charge in [0, 0.05) is 43.9 Å². The van der Waals surface area contributed by atoms with Crippen LogP contribution in [0.5, 0.6) is 0 Å². The zero-order valence-electron chi connectivity index (χ0n) is 19.4. The summed E-state index contributed by atoms with van der Waals surface area (Å²) in [6.07, 6.45) is 0. The molecular weight excluding hydrogens is 434 g/mol. The summed E-state index contributed by atoms with van der Waals surface area (Å²) in [5.41, 5.74) is 3.94. The highest BCUT2D eigenvalue weighted by molar-refractivity contribution is 6.06. The number of halogens is 2. The molecular formula is C27H28F2N4O. The fourth-order valence-electron chi connectivity index (χ4n) is 4.08. The molecule has 1 heterocycles. The maximum Gasteiger partial charge on any atom is 0.257 e. The smallest absolute Gasteiger partial charge is 0.257 e. The van der Waals surface area contributed by atoms with Crippen LogP contribution in [0.1, 0.15) is 27.0 Å². The number of guanidine groups is 1. The maximum absolute atomic E-state index is 14.1. The van der Waals surface area contributed by atoms with E-state index in [9.17, 15) is 13.6 Å². The molecule has 1 amide bonds. The lowest BCUT2D eigenvalue weighted by Gasteiger charge is -2.36. The molecule has 0 bridgehead atoms. The second-order valence-corrected chi connectivity index (χ2v) is 8.60. The van der Waals surface area contributed by atoms with E-state index < -0.39 is 5.82 Å². The Balaban J connectivity index is 1.52. The second-order valence-electron chi connectivity index (χ2n) is 8.60. The first kappa shape index (κ1) is 23.6. The van der Waals surface area contributed by atoms with Crippen molar-refractivity contribution in [1.29, 1.82) is 0 Å². The summed E-state index contributed by atoms with van der Waals surface area (Å²) >= 11 is 0. The molecule has 0 unspecified atom stereocenters. The third-order valence-electron chi connectivity index (χ3n) is 5.80. The van der Waals surface area contributed by atoms with Crippen LogP contribution >= 0.6 is 0 Å². The molecule has 1 aliphatic rings. The average molecular weight is 463 g/mol. The molecule has 1 fully saturated rings. The number of benzene rings is 3. The molecule has 3 aromatic rings. The van der Waals surface area contributed by atoms with Gasteiger partial charge in [-0.25, -0.2) is 13.8 Å². The summed E-state index contributed by atoms with van der Waals surface area (Å²) in [5, 5.41) is 2.92. The van der Waals surface area contributed by atoms with Gasteiger partial charge in [-0.15, -0.1) is 0 Å². The number of carbonyl (C=O) groups is 1. The van der Waals surface area contributed by atoms with E-state index in [0.717, 1.165) is 16.8 Å². The molecule has 3 aromatic carbocycles. The van der Waals surface area contributed by atoms with E-state index in [1.165, 1.54) is 30.3 Å². The van der Waals surface area contributed by atoms with E-state index in [1.807, 2.05) is 36.9 Å². The Morgan fingerprint density at radius 2 is 1.56 bits per heavy atom. The van der Waals surface area contributed by atoms with Crippen LogP contribution in [-0.4, -0.2) is 47.8 Å². The van der Waals surface area contributed by atoms with E-state index in [0.29, 0.717) is 49.8 Å². The van der Waals surface area contributed by atoms with Crippen LogP contribution in [0, 0.1) is 25.5 Å². The molecule has 34 heavy (non-hydrogen) atoms. The predicted molar refractivity (Wildman–Crippen MR) is 130 cm³/mol. The van der Waals surface area contributed by atoms with Crippen molar-refractivity contribution in [3.05, 3.63) is 101 Å². The Bertz CT molecular complexity index is 1170. The second kappa shape index (κ2) is 10.6. The number of amides is 1. The van der Waals surface area contributed by atoms with E-state index >= 15 is 0 Å². The Hall–Kier alpha value is -3.58. The Morgan fingerprint density at radius 3 is 2.21 bits per heavy atom. The highest BCUT2D eigenvalue weighted by Crippen LogP contribution is 2.19. The molecule has 0 atom stereocenters. The normalized spacial score (nSPS) is 14.8. The van der Waals surface area contributed by atoms with E-state index in [4.69, 9.17) is 4.99 Å². The number of aliphatic imine (C=N–C) groups is 1. The average Bonchev–Trinajstić information content (AvgIpc) is 2.80. The zero-order valence-corrected chi connectivity index (χ0v) is 19.4. The van der Waals surface area contributed by atoms with Gasteiger partial charge in [0.25, 0.3) is 5.91 Å². The van der Waals surface area contributed by atoms with Crippen molar-refractivity contribution >= 4 is 17.6 Å². The molecule has 1 aliphatic heterocycles. The van der Waals surface area contributed by atoms with E-state index in [1.54, 1.807) is 12.1 Å². The molecule has 7 heteroatoms. The lowest BCUT2D eigenvalue weighted by atomic mass is 10.1. The SMILES string of the molecule is Cc1cc(C)cc(N=C(NC(=O)c2ccc(F)cc2)N2CCN(Cc3ccccc3F)CC2)c1. The third-order valence-corrected chi connectivity index (χ3v) is 5.80. The number of rotatable bonds is 4. The number of aryl methyl sites for hydroxylation is 2. The number of nitrogens with zero attached hydrogens (tertiary/aromatic N) is 3. The first-order valence-corrected chi connectivity index (χ1v) is 11.3. The molecule has 4 rings (SSSR count). The van der Waals surface area contributed by atoms with Gasteiger partial charge in [0.15, 0.2) is 0 Å². The van der Waals surface area contributed by atoms with Crippen molar-refractivity contribution < 1.29 is 13.6 Å². The Morgan fingerprint density at radius 1 is 0.912 bits per heavy atom. The number of hydrogen-bond acceptors (Lipinski definition) is 3. The van der Waals surface area contributed by atoms with Crippen LogP contribution in [0.25, 0.3) is 0 Å². The minimum Gasteiger partial charge on any atom is -0.340 e. The molecule has 0 aromatic heterocycles. The first-order chi connectivity index (χ1) is 16.4. The van der Waals surface area contributed by atoms with Crippen molar-refractivity contribution in [2.45, 2.75) is 20.4 Å². The summed E-state index contributed by atoms with van der Waals surface area (Å²) in [4.78, 5) is 21.9. The standard InChI is InChI=1S/C27H28F2N4O/c1-19-15-20(2)17-24(16-19)30-27(31-26(34)21-7-9-23(28)10-8-21)33-13-11-32(12-14-33)18-22-5-3-4-6-25(22)29/h3-10,15-17H,11-14,18H2,1-2H3,(H,30,31,34). The molecule has 0 saturated carbocycles. The molecule has 1 N–H and O–H groups in total. The molecule has 1 saturated heterocycles. The monoisotopic (exact) mass is 462 g/mol. The summed E-state index contributed by atoms with van der Waals surface area (Å²) in [5.74, 6) is -0.498. The molecule has 0 radical (unpaired) electrons. The topological polar surface area (TPSA) is 47.9 Å². The van der Waals surface area contributed by atoms with Gasteiger partial charge >= 0.3 is 0 Å². The predicted octanol–water partition coefficient (Wildman–Crippen LogP) is 4.82. The van der Waals surface area contributed by atoms with Crippen LogP contribution in [0.15, 0.2) is 71.7 Å². The van der Waals surface area contributed by atoms with Gasteiger partial charge in [0.05, 0.1) is 5.69 Å². The minimum atomic E-state index is -0.397. The third kappa shape index (κ3) is 6.05. The lowest BCUT2D eigenvalue weighted by molar-refractivity contribution is 0.0967. The van der Waals surface area contributed by atoms with E-state index in [2.05, 4.69) is 16.3 Å². The van der Waals surface area contributed by atoms with Crippen molar-refractivity contribution in [1.82, 2.24) is 15.1 Å². The summed E-state index contributed by atoms with van der Waals surface area (Å²) < 4.78 is 27.4. The van der Waals surface area contributed by atoms with Crippen LogP contribution in [0.3, 0.4) is 0 Å². The largest absolute Gasteiger partial charge is 0.340 e.